The molecule has 1 aliphatic heterocycles. The lowest BCUT2D eigenvalue weighted by Gasteiger charge is -2.26. The molecule has 2 aliphatic rings. The van der Waals surface area contributed by atoms with E-state index in [9.17, 15) is 23.1 Å². The SMILES string of the molecule is COc1cc(C(=O)N[C@H]2CC[C@H](O)CC2)c(F)cc1Nc1ncc(C(F)(F)F)c(Oc2cccc3c2COCN(C)C3)n1. The average molecular weight is 606 g/mol. The molecule has 3 aromatic rings. The summed E-state index contributed by atoms with van der Waals surface area (Å²) in [6.45, 7) is 0.984. The molecule has 10 nitrogen and oxygen atoms in total. The minimum absolute atomic E-state index is 0.0203. The predicted octanol–water partition coefficient (Wildman–Crippen LogP) is 5.13. The lowest BCUT2D eigenvalue weighted by molar-refractivity contribution is -0.139. The number of aromatic nitrogens is 2. The number of hydrogen-bond acceptors (Lipinski definition) is 9. The number of aliphatic hydroxyl groups excluding tert-OH is 1. The van der Waals surface area contributed by atoms with Crippen LogP contribution in [0.1, 0.15) is 52.7 Å². The number of carbonyl (C=O) groups excluding carboxylic acids is 1. The van der Waals surface area contributed by atoms with E-state index in [0.717, 1.165) is 11.6 Å². The summed E-state index contributed by atoms with van der Waals surface area (Å²) in [5.41, 5.74) is -0.0710. The first kappa shape index (κ1) is 30.4. The van der Waals surface area contributed by atoms with Crippen molar-refractivity contribution in [2.45, 2.75) is 57.2 Å². The van der Waals surface area contributed by atoms with Crippen LogP contribution < -0.4 is 20.1 Å². The molecule has 0 atom stereocenters. The van der Waals surface area contributed by atoms with Gasteiger partial charge in [0, 0.05) is 30.4 Å². The second kappa shape index (κ2) is 12.7. The van der Waals surface area contributed by atoms with Crippen molar-refractivity contribution >= 4 is 17.5 Å². The quantitative estimate of drug-likeness (QED) is 0.315. The van der Waals surface area contributed by atoms with Gasteiger partial charge in [-0.1, -0.05) is 12.1 Å². The number of fused-ring (bicyclic) bond motifs is 1. The molecular formula is C29H31F4N5O5. The Labute approximate surface area is 245 Å². The van der Waals surface area contributed by atoms with Gasteiger partial charge < -0.3 is 30.0 Å². The van der Waals surface area contributed by atoms with E-state index in [4.69, 9.17) is 14.2 Å². The van der Waals surface area contributed by atoms with E-state index < -0.39 is 35.4 Å². The smallest absolute Gasteiger partial charge is 0.423 e. The topological polar surface area (TPSA) is 118 Å². The fourth-order valence-electron chi connectivity index (χ4n) is 5.06. The van der Waals surface area contributed by atoms with Crippen molar-refractivity contribution in [2.75, 3.05) is 26.2 Å². The zero-order valence-electron chi connectivity index (χ0n) is 23.5. The first-order valence-electron chi connectivity index (χ1n) is 13.6. The summed E-state index contributed by atoms with van der Waals surface area (Å²) >= 11 is 0. The zero-order valence-corrected chi connectivity index (χ0v) is 23.5. The Bertz CT molecular complexity index is 1480. The highest BCUT2D eigenvalue weighted by atomic mass is 19.4. The van der Waals surface area contributed by atoms with E-state index in [1.165, 1.54) is 19.2 Å². The molecule has 5 rings (SSSR count). The molecule has 230 valence electrons. The molecule has 1 amide bonds. The third kappa shape index (κ3) is 7.14. The summed E-state index contributed by atoms with van der Waals surface area (Å²) in [5, 5.41) is 15.1. The molecule has 1 fully saturated rings. The number of hydrogen-bond donors (Lipinski definition) is 3. The Balaban J connectivity index is 1.41. The Morgan fingerprint density at radius 3 is 2.65 bits per heavy atom. The fourth-order valence-corrected chi connectivity index (χ4v) is 5.06. The number of carbonyl (C=O) groups is 1. The van der Waals surface area contributed by atoms with Gasteiger partial charge in [0.15, 0.2) is 0 Å². The second-order valence-corrected chi connectivity index (χ2v) is 10.5. The van der Waals surface area contributed by atoms with E-state index in [2.05, 4.69) is 20.6 Å². The summed E-state index contributed by atoms with van der Waals surface area (Å²) in [4.78, 5) is 22.4. The molecule has 43 heavy (non-hydrogen) atoms. The van der Waals surface area contributed by atoms with Crippen LogP contribution >= 0.6 is 0 Å². The van der Waals surface area contributed by atoms with Crippen LogP contribution in [0.2, 0.25) is 0 Å². The van der Waals surface area contributed by atoms with Gasteiger partial charge in [0.25, 0.3) is 5.91 Å². The maximum atomic E-state index is 15.1. The van der Waals surface area contributed by atoms with E-state index >= 15 is 4.39 Å². The van der Waals surface area contributed by atoms with Crippen molar-refractivity contribution in [3.8, 4) is 17.4 Å². The maximum Gasteiger partial charge on any atom is 0.423 e. The standard InChI is InChI=1S/C29H31F4N5O5/c1-38-13-16-4-3-5-24(20(16)14-42-15-38)43-27-21(29(31,32)33)12-34-28(37-27)36-23-11-22(30)19(10-25(23)41-2)26(40)35-17-6-8-18(39)9-7-17/h3-5,10-12,17-18,39H,6-9,13-15H2,1-2H3,(H,35,40)(H,34,36,37)/t17-,18-. The van der Waals surface area contributed by atoms with Gasteiger partial charge in [0.05, 0.1) is 37.8 Å². The van der Waals surface area contributed by atoms with Crippen molar-refractivity contribution in [1.29, 1.82) is 0 Å². The fraction of sp³-hybridized carbons (Fsp3) is 0.414. The molecule has 2 aromatic carbocycles. The normalized spacial score (nSPS) is 19.2. The van der Waals surface area contributed by atoms with Crippen LogP contribution in [0, 0.1) is 5.82 Å². The highest BCUT2D eigenvalue weighted by molar-refractivity contribution is 5.96. The van der Waals surface area contributed by atoms with E-state index in [0.29, 0.717) is 50.7 Å². The molecule has 0 radical (unpaired) electrons. The molecule has 0 saturated heterocycles. The number of halogens is 4. The Kier molecular flexibility index (Phi) is 8.99. The van der Waals surface area contributed by atoms with Crippen molar-refractivity contribution in [3.63, 3.8) is 0 Å². The number of nitrogens with zero attached hydrogens (tertiary/aromatic N) is 3. The van der Waals surface area contributed by atoms with E-state index in [1.807, 2.05) is 18.0 Å². The number of anilines is 2. The van der Waals surface area contributed by atoms with Crippen LogP contribution in [0.15, 0.2) is 36.5 Å². The predicted molar refractivity (Wildman–Crippen MR) is 147 cm³/mol. The molecule has 2 heterocycles. The lowest BCUT2D eigenvalue weighted by atomic mass is 9.93. The Morgan fingerprint density at radius 1 is 1.16 bits per heavy atom. The molecule has 1 aliphatic carbocycles. The second-order valence-electron chi connectivity index (χ2n) is 10.5. The summed E-state index contributed by atoms with van der Waals surface area (Å²) in [6.07, 6.45) is -2.46. The number of methoxy groups -OCH3 is 1. The monoisotopic (exact) mass is 605 g/mol. The molecule has 14 heteroatoms. The van der Waals surface area contributed by atoms with Crippen LogP contribution in [0.4, 0.5) is 29.2 Å². The molecular weight excluding hydrogens is 574 g/mol. The maximum absolute atomic E-state index is 15.1. The van der Waals surface area contributed by atoms with Gasteiger partial charge in [-0.15, -0.1) is 0 Å². The zero-order chi connectivity index (χ0) is 30.7. The number of benzene rings is 2. The highest BCUT2D eigenvalue weighted by Crippen LogP contribution is 2.39. The van der Waals surface area contributed by atoms with E-state index in [1.54, 1.807) is 6.07 Å². The van der Waals surface area contributed by atoms with Gasteiger partial charge >= 0.3 is 6.18 Å². The molecule has 3 N–H and O–H groups in total. The van der Waals surface area contributed by atoms with Gasteiger partial charge in [-0.25, -0.2) is 9.37 Å². The number of alkyl halides is 3. The summed E-state index contributed by atoms with van der Waals surface area (Å²) in [5.74, 6) is -2.44. The van der Waals surface area contributed by atoms with Crippen molar-refractivity contribution in [2.24, 2.45) is 0 Å². The number of rotatable bonds is 7. The summed E-state index contributed by atoms with van der Waals surface area (Å²) in [7, 11) is 3.15. The summed E-state index contributed by atoms with van der Waals surface area (Å²) < 4.78 is 73.5. The molecule has 1 aromatic heterocycles. The molecule has 1 saturated carbocycles. The van der Waals surface area contributed by atoms with Crippen molar-refractivity contribution in [1.82, 2.24) is 20.2 Å². The van der Waals surface area contributed by atoms with Crippen LogP contribution in [-0.4, -0.2) is 58.9 Å². The van der Waals surface area contributed by atoms with Crippen LogP contribution in [0.3, 0.4) is 0 Å². The van der Waals surface area contributed by atoms with Gasteiger partial charge in [-0.2, -0.15) is 18.2 Å². The van der Waals surface area contributed by atoms with Gasteiger partial charge in [0.2, 0.25) is 11.8 Å². The van der Waals surface area contributed by atoms with Crippen LogP contribution in [0.5, 0.6) is 17.4 Å². The summed E-state index contributed by atoms with van der Waals surface area (Å²) in [6, 6.07) is 7.00. The largest absolute Gasteiger partial charge is 0.495 e. The minimum Gasteiger partial charge on any atom is -0.495 e. The van der Waals surface area contributed by atoms with Crippen LogP contribution in [-0.2, 0) is 24.1 Å². The lowest BCUT2D eigenvalue weighted by Crippen LogP contribution is -2.38. The first-order chi connectivity index (χ1) is 20.5. The van der Waals surface area contributed by atoms with Crippen LogP contribution in [0.25, 0.3) is 0 Å². The number of nitrogens with one attached hydrogen (secondary N) is 2. The molecule has 0 unspecified atom stereocenters. The van der Waals surface area contributed by atoms with Crippen molar-refractivity contribution in [3.05, 3.63) is 64.6 Å². The Hall–Kier alpha value is -4.01. The van der Waals surface area contributed by atoms with Gasteiger partial charge in [-0.3, -0.25) is 9.69 Å². The molecule has 0 bridgehead atoms. The minimum atomic E-state index is -4.83. The highest BCUT2D eigenvalue weighted by Gasteiger charge is 2.37. The number of aliphatic hydroxyl groups is 1. The van der Waals surface area contributed by atoms with Crippen molar-refractivity contribution < 1.29 is 41.7 Å². The number of amides is 1. The number of ether oxygens (including phenoxy) is 3. The third-order valence-electron chi connectivity index (χ3n) is 7.31. The third-order valence-corrected chi connectivity index (χ3v) is 7.31. The van der Waals surface area contributed by atoms with Gasteiger partial charge in [0.1, 0.15) is 22.9 Å². The molecule has 0 spiro atoms. The Morgan fingerprint density at radius 2 is 1.93 bits per heavy atom. The van der Waals surface area contributed by atoms with Gasteiger partial charge in [-0.05, 0) is 50.4 Å². The van der Waals surface area contributed by atoms with E-state index in [-0.39, 0.29) is 41.3 Å². The first-order valence-corrected chi connectivity index (χ1v) is 13.6. The average Bonchev–Trinajstić information content (AvgIpc) is 3.15.